The van der Waals surface area contributed by atoms with Gasteiger partial charge >= 0.3 is 0 Å². The van der Waals surface area contributed by atoms with Crippen LogP contribution in [0.5, 0.6) is 0 Å². The van der Waals surface area contributed by atoms with Crippen molar-refractivity contribution in [2.75, 3.05) is 23.0 Å². The Kier molecular flexibility index (Phi) is 10.2. The average molecular weight is 698 g/mol. The molecule has 2 aliphatic carbocycles. The monoisotopic (exact) mass is 697 g/mol. The van der Waals surface area contributed by atoms with Crippen molar-refractivity contribution >= 4 is 28.5 Å². The van der Waals surface area contributed by atoms with Crippen molar-refractivity contribution in [3.8, 4) is 0 Å². The number of anilines is 4. The summed E-state index contributed by atoms with van der Waals surface area (Å²) in [5.74, 6) is 2.64. The highest BCUT2D eigenvalue weighted by atomic mass is 16.6. The van der Waals surface area contributed by atoms with Crippen molar-refractivity contribution in [3.63, 3.8) is 0 Å². The summed E-state index contributed by atoms with van der Waals surface area (Å²) in [4.78, 5) is 17.7. The second-order valence-electron chi connectivity index (χ2n) is 16.2. The fraction of sp³-hybridized carbons (Fsp3) is 0.457. The molecule has 0 spiro atoms. The predicted octanol–water partition coefficient (Wildman–Crippen LogP) is 9.60. The number of carbonyl (C=O) groups excluding carboxylic acids is 1. The van der Waals surface area contributed by atoms with Crippen molar-refractivity contribution in [2.45, 2.75) is 108 Å². The molecule has 6 nitrogen and oxygen atoms in total. The number of unbranched alkanes of at least 4 members (excludes halogenated alkanes) is 1. The number of rotatable bonds is 14. The summed E-state index contributed by atoms with van der Waals surface area (Å²) in [6.45, 7) is 8.26. The van der Waals surface area contributed by atoms with Gasteiger partial charge in [-0.1, -0.05) is 75.7 Å². The summed E-state index contributed by atoms with van der Waals surface area (Å²) in [6, 6.07) is 34.9. The lowest BCUT2D eigenvalue weighted by molar-refractivity contribution is -0.117. The fourth-order valence-electron chi connectivity index (χ4n) is 9.16. The third-order valence-electron chi connectivity index (χ3n) is 12.1. The van der Waals surface area contributed by atoms with Crippen molar-refractivity contribution in [1.82, 2.24) is 0 Å². The highest BCUT2D eigenvalue weighted by molar-refractivity contribution is 5.83. The number of hydrogen-bond donors (Lipinski definition) is 1. The van der Waals surface area contributed by atoms with E-state index in [9.17, 15) is 4.79 Å². The van der Waals surface area contributed by atoms with Crippen LogP contribution in [0.1, 0.15) is 93.4 Å². The van der Waals surface area contributed by atoms with Crippen LogP contribution in [0.15, 0.2) is 97.1 Å². The third kappa shape index (κ3) is 7.71. The Labute approximate surface area is 310 Å². The molecule has 2 saturated heterocycles. The maximum atomic E-state index is 13.2. The Morgan fingerprint density at radius 2 is 1.02 bits per heavy atom. The summed E-state index contributed by atoms with van der Waals surface area (Å²) >= 11 is 0. The van der Waals surface area contributed by atoms with E-state index in [0.29, 0.717) is 61.7 Å². The molecule has 2 saturated carbocycles. The van der Waals surface area contributed by atoms with E-state index in [1.807, 2.05) is 0 Å². The number of benzene rings is 4. The van der Waals surface area contributed by atoms with Crippen LogP contribution in [0.3, 0.4) is 0 Å². The molecule has 4 aromatic rings. The molecular formula is C46H55N3O3. The minimum absolute atomic E-state index is 0.211. The Balaban J connectivity index is 0.870. The molecule has 0 radical (unpaired) electrons. The molecule has 6 heteroatoms. The standard InChI is InChI=1S/C46H55N3O3/c1-4-5-22-48(37-18-10-34(11-19-37)41-23-30(2)25-43-45(41)51-43)36-14-6-32(7-15-36)27-40(50)28-33-8-16-38(17-9-33)49(29-47)39-20-12-35(13-21-39)42-24-31(3)26-44-46(42)52-44/h6-21,30-31,41-46H,4-5,22-29,47H2,1-3H3. The number of carbonyl (C=O) groups is 1. The van der Waals surface area contributed by atoms with Gasteiger partial charge in [0.05, 0.1) is 31.1 Å². The van der Waals surface area contributed by atoms with Gasteiger partial charge in [0, 0.05) is 54.0 Å². The quantitative estimate of drug-likeness (QED) is 0.105. The Morgan fingerprint density at radius 1 is 0.615 bits per heavy atom. The minimum Gasteiger partial charge on any atom is -0.369 e. The van der Waals surface area contributed by atoms with E-state index in [-0.39, 0.29) is 5.78 Å². The first-order valence-electron chi connectivity index (χ1n) is 19.8. The summed E-state index contributed by atoms with van der Waals surface area (Å²) in [6.07, 6.45) is 9.63. The number of nitrogens with zero attached hydrogens (tertiary/aromatic N) is 2. The molecule has 52 heavy (non-hydrogen) atoms. The van der Waals surface area contributed by atoms with E-state index in [2.05, 4.69) is 128 Å². The molecular weight excluding hydrogens is 643 g/mol. The van der Waals surface area contributed by atoms with E-state index < -0.39 is 0 Å². The molecule has 8 atom stereocenters. The molecule has 272 valence electrons. The molecule has 8 unspecified atom stereocenters. The minimum atomic E-state index is 0.211. The zero-order valence-corrected chi connectivity index (χ0v) is 31.1. The average Bonchev–Trinajstić information content (AvgIpc) is 4.09. The molecule has 8 rings (SSSR count). The lowest BCUT2D eigenvalue weighted by Crippen LogP contribution is -2.25. The number of fused-ring (bicyclic) bond motifs is 2. The van der Waals surface area contributed by atoms with E-state index >= 15 is 0 Å². The van der Waals surface area contributed by atoms with E-state index in [1.54, 1.807) is 0 Å². The Hall–Kier alpha value is -3.97. The second-order valence-corrected chi connectivity index (χ2v) is 16.2. The molecule has 2 aliphatic heterocycles. The van der Waals surface area contributed by atoms with Crippen LogP contribution in [0.25, 0.3) is 0 Å². The number of hydrogen-bond acceptors (Lipinski definition) is 6. The smallest absolute Gasteiger partial charge is 0.141 e. The molecule has 4 fully saturated rings. The summed E-state index contributed by atoms with van der Waals surface area (Å²) in [5, 5.41) is 0. The summed E-state index contributed by atoms with van der Waals surface area (Å²) in [7, 11) is 0. The van der Waals surface area contributed by atoms with Gasteiger partial charge in [0.1, 0.15) is 5.78 Å². The van der Waals surface area contributed by atoms with E-state index in [1.165, 1.54) is 42.5 Å². The number of nitrogens with two attached hydrogens (primary N) is 1. The number of ether oxygens (including phenoxy) is 2. The molecule has 0 amide bonds. The van der Waals surface area contributed by atoms with Crippen LogP contribution in [0, 0.1) is 11.8 Å². The molecule has 0 bridgehead atoms. The van der Waals surface area contributed by atoms with Crippen molar-refractivity contribution in [1.29, 1.82) is 0 Å². The van der Waals surface area contributed by atoms with E-state index in [0.717, 1.165) is 53.5 Å². The lowest BCUT2D eigenvalue weighted by atomic mass is 9.79. The Bertz CT molecular complexity index is 1810. The normalized spacial score (nSPS) is 27.3. The number of Topliss-reactive ketones (excluding diaryl/α,β-unsaturated/α-hetero) is 1. The van der Waals surface area contributed by atoms with Crippen LogP contribution >= 0.6 is 0 Å². The van der Waals surface area contributed by atoms with Gasteiger partial charge in [0.25, 0.3) is 0 Å². The van der Waals surface area contributed by atoms with Crippen molar-refractivity contribution in [2.24, 2.45) is 17.6 Å². The van der Waals surface area contributed by atoms with Crippen molar-refractivity contribution < 1.29 is 14.3 Å². The second kappa shape index (κ2) is 15.2. The zero-order valence-electron chi connectivity index (χ0n) is 31.1. The van der Waals surface area contributed by atoms with E-state index in [4.69, 9.17) is 15.2 Å². The molecule has 0 aromatic heterocycles. The first-order valence-corrected chi connectivity index (χ1v) is 19.8. The maximum absolute atomic E-state index is 13.2. The van der Waals surface area contributed by atoms with Crippen LogP contribution in [-0.4, -0.2) is 43.4 Å². The number of ketones is 1. The fourth-order valence-corrected chi connectivity index (χ4v) is 9.16. The Morgan fingerprint density at radius 3 is 1.42 bits per heavy atom. The van der Waals surface area contributed by atoms with Gasteiger partial charge in [0.15, 0.2) is 0 Å². The lowest BCUT2D eigenvalue weighted by Gasteiger charge is -2.27. The summed E-state index contributed by atoms with van der Waals surface area (Å²) < 4.78 is 12.0. The van der Waals surface area contributed by atoms with Crippen LogP contribution in [0.4, 0.5) is 22.7 Å². The van der Waals surface area contributed by atoms with Crippen LogP contribution in [-0.2, 0) is 27.1 Å². The zero-order chi connectivity index (χ0) is 35.8. The maximum Gasteiger partial charge on any atom is 0.141 e. The SMILES string of the molecule is CCCCN(c1ccc(CC(=O)Cc2ccc(N(CN)c3ccc(C4CC(C)CC5OC54)cc3)cc2)cc1)c1ccc(C2CC(C)CC3OC32)cc1. The van der Waals surface area contributed by atoms with Gasteiger partial charge < -0.3 is 25.0 Å². The summed E-state index contributed by atoms with van der Waals surface area (Å²) in [5.41, 5.74) is 15.5. The largest absolute Gasteiger partial charge is 0.369 e. The van der Waals surface area contributed by atoms with Crippen molar-refractivity contribution in [3.05, 3.63) is 119 Å². The topological polar surface area (TPSA) is 74.6 Å². The first-order chi connectivity index (χ1) is 25.4. The van der Waals surface area contributed by atoms with Gasteiger partial charge in [-0.05, 0) is 115 Å². The van der Waals surface area contributed by atoms with Gasteiger partial charge in [-0.2, -0.15) is 0 Å². The highest BCUT2D eigenvalue weighted by Crippen LogP contribution is 2.49. The molecule has 4 aromatic carbocycles. The molecule has 2 N–H and O–H groups in total. The first kappa shape index (κ1) is 35.1. The van der Waals surface area contributed by atoms with Gasteiger partial charge in [-0.15, -0.1) is 0 Å². The van der Waals surface area contributed by atoms with Gasteiger partial charge in [-0.3, -0.25) is 4.79 Å². The van der Waals surface area contributed by atoms with Crippen LogP contribution < -0.4 is 15.5 Å². The van der Waals surface area contributed by atoms with Crippen LogP contribution in [0.2, 0.25) is 0 Å². The highest BCUT2D eigenvalue weighted by Gasteiger charge is 2.50. The predicted molar refractivity (Wildman–Crippen MR) is 211 cm³/mol. The third-order valence-corrected chi connectivity index (χ3v) is 12.1. The molecule has 4 aliphatic rings. The number of epoxide rings is 2. The van der Waals surface area contributed by atoms with Gasteiger partial charge in [-0.25, -0.2) is 0 Å². The molecule has 2 heterocycles. The van der Waals surface area contributed by atoms with Gasteiger partial charge in [0.2, 0.25) is 0 Å².